The Morgan fingerprint density at radius 1 is 1.00 bits per heavy atom. The highest BCUT2D eigenvalue weighted by molar-refractivity contribution is 5.96. The lowest BCUT2D eigenvalue weighted by molar-refractivity contribution is -0.165. The van der Waals surface area contributed by atoms with Crippen molar-refractivity contribution >= 4 is 17.8 Å². The highest BCUT2D eigenvalue weighted by Crippen LogP contribution is 2.38. The van der Waals surface area contributed by atoms with Crippen molar-refractivity contribution in [3.05, 3.63) is 70.5 Å². The van der Waals surface area contributed by atoms with E-state index in [0.717, 1.165) is 22.6 Å². The van der Waals surface area contributed by atoms with Gasteiger partial charge < -0.3 is 20.3 Å². The van der Waals surface area contributed by atoms with Crippen LogP contribution in [0, 0.1) is 24.4 Å². The minimum absolute atomic E-state index is 0.0669. The van der Waals surface area contributed by atoms with E-state index in [0.29, 0.717) is 32.5 Å². The highest BCUT2D eigenvalue weighted by Gasteiger charge is 2.46. The lowest BCUT2D eigenvalue weighted by Gasteiger charge is -2.44. The van der Waals surface area contributed by atoms with Crippen LogP contribution in [0.1, 0.15) is 54.2 Å². The summed E-state index contributed by atoms with van der Waals surface area (Å²) in [5.74, 6) is -3.55. The molecule has 2 N–H and O–H groups in total. The predicted octanol–water partition coefficient (Wildman–Crippen LogP) is 3.69. The van der Waals surface area contributed by atoms with Crippen LogP contribution < -0.4 is 10.6 Å². The third kappa shape index (κ3) is 6.42. The van der Waals surface area contributed by atoms with Gasteiger partial charge >= 0.3 is 6.03 Å². The van der Waals surface area contributed by atoms with Gasteiger partial charge in [0, 0.05) is 32.2 Å². The smallest absolute Gasteiger partial charge is 0.324 e. The molecule has 2 aliphatic rings. The summed E-state index contributed by atoms with van der Waals surface area (Å²) in [5.41, 5.74) is 0.0330. The van der Waals surface area contributed by atoms with Crippen molar-refractivity contribution in [2.24, 2.45) is 0 Å². The summed E-state index contributed by atoms with van der Waals surface area (Å²) in [4.78, 5) is 41.1. The van der Waals surface area contributed by atoms with Gasteiger partial charge in [0.05, 0.1) is 17.2 Å². The summed E-state index contributed by atoms with van der Waals surface area (Å²) >= 11 is 0. The van der Waals surface area contributed by atoms with Crippen molar-refractivity contribution in [3.8, 4) is 0 Å². The largest absolute Gasteiger partial charge is 0.363 e. The Labute approximate surface area is 225 Å². The fourth-order valence-corrected chi connectivity index (χ4v) is 5.10. The van der Waals surface area contributed by atoms with E-state index in [1.165, 1.54) is 18.2 Å². The van der Waals surface area contributed by atoms with Gasteiger partial charge in [0.1, 0.15) is 12.4 Å². The molecule has 11 heteroatoms. The van der Waals surface area contributed by atoms with Gasteiger partial charge in [-0.1, -0.05) is 12.1 Å². The Hall–Kier alpha value is -3.44. The molecule has 2 saturated heterocycles. The zero-order valence-corrected chi connectivity index (χ0v) is 22.2. The van der Waals surface area contributed by atoms with Crippen LogP contribution in [0.5, 0.6) is 0 Å². The first-order chi connectivity index (χ1) is 18.5. The lowest BCUT2D eigenvalue weighted by atomic mass is 9.88. The van der Waals surface area contributed by atoms with E-state index in [4.69, 9.17) is 4.74 Å². The van der Waals surface area contributed by atoms with Gasteiger partial charge in [0.15, 0.2) is 11.6 Å². The van der Waals surface area contributed by atoms with Crippen LogP contribution in [0.3, 0.4) is 0 Å². The minimum Gasteiger partial charge on any atom is -0.363 e. The second-order valence-electron chi connectivity index (χ2n) is 10.5. The number of carbonyl (C=O) groups is 3. The third-order valence-electron chi connectivity index (χ3n) is 7.20. The predicted molar refractivity (Wildman–Crippen MR) is 137 cm³/mol. The standard InChI is InChI=1S/C28H33F3N4O4/c1-17-4-6-20(22(30)14-17)26(37)34-12-8-19(9-13-34)32-10-11-33-27(38)35-24(36)16-39-28(2,3)25(35)18-5-7-21(29)23(31)15-18/h4-7,14-15,19,25,32H,8-13,16H2,1-3H3,(H,33,38). The van der Waals surface area contributed by atoms with E-state index in [2.05, 4.69) is 10.6 Å². The van der Waals surface area contributed by atoms with Crippen LogP contribution in [-0.4, -0.2) is 72.1 Å². The van der Waals surface area contributed by atoms with Crippen molar-refractivity contribution in [1.82, 2.24) is 20.4 Å². The average molecular weight is 547 g/mol. The normalized spacial score (nSPS) is 19.7. The fraction of sp³-hybridized carbons (Fsp3) is 0.464. The number of piperidine rings is 1. The zero-order chi connectivity index (χ0) is 28.3. The first-order valence-corrected chi connectivity index (χ1v) is 13.0. The van der Waals surface area contributed by atoms with Crippen LogP contribution >= 0.6 is 0 Å². The van der Waals surface area contributed by atoms with Crippen LogP contribution in [0.4, 0.5) is 18.0 Å². The van der Waals surface area contributed by atoms with Gasteiger partial charge in [0.2, 0.25) is 0 Å². The number of ether oxygens (including phenoxy) is 1. The number of carbonyl (C=O) groups excluding carboxylic acids is 3. The molecule has 1 unspecified atom stereocenters. The molecule has 4 rings (SSSR count). The monoisotopic (exact) mass is 546 g/mol. The topological polar surface area (TPSA) is 91.0 Å². The summed E-state index contributed by atoms with van der Waals surface area (Å²) in [6.07, 6.45) is 1.34. The van der Waals surface area contributed by atoms with E-state index in [1.807, 2.05) is 0 Å². The Morgan fingerprint density at radius 3 is 2.38 bits per heavy atom. The summed E-state index contributed by atoms with van der Waals surface area (Å²) in [6, 6.07) is 6.32. The molecule has 2 fully saturated rings. The molecule has 2 aromatic carbocycles. The van der Waals surface area contributed by atoms with E-state index in [9.17, 15) is 27.6 Å². The quantitative estimate of drug-likeness (QED) is 0.540. The molecule has 1 atom stereocenters. The summed E-state index contributed by atoms with van der Waals surface area (Å²) < 4.78 is 47.3. The molecule has 39 heavy (non-hydrogen) atoms. The number of likely N-dealkylation sites (tertiary alicyclic amines) is 1. The number of imide groups is 1. The van der Waals surface area contributed by atoms with Crippen molar-refractivity contribution in [2.75, 3.05) is 32.8 Å². The van der Waals surface area contributed by atoms with E-state index in [1.54, 1.807) is 31.7 Å². The number of rotatable bonds is 6. The molecule has 4 amide bonds. The Balaban J connectivity index is 1.28. The number of amides is 4. The van der Waals surface area contributed by atoms with E-state index in [-0.39, 0.29) is 36.2 Å². The minimum atomic E-state index is -1.08. The van der Waals surface area contributed by atoms with Crippen LogP contribution in [-0.2, 0) is 9.53 Å². The summed E-state index contributed by atoms with van der Waals surface area (Å²) in [7, 11) is 0. The summed E-state index contributed by atoms with van der Waals surface area (Å²) in [6.45, 7) is 6.38. The molecule has 0 spiro atoms. The fourth-order valence-electron chi connectivity index (χ4n) is 5.10. The van der Waals surface area contributed by atoms with Crippen molar-refractivity contribution in [1.29, 1.82) is 0 Å². The van der Waals surface area contributed by atoms with Gasteiger partial charge in [0.25, 0.3) is 11.8 Å². The van der Waals surface area contributed by atoms with Crippen LogP contribution in [0.2, 0.25) is 0 Å². The van der Waals surface area contributed by atoms with Gasteiger partial charge in [-0.2, -0.15) is 0 Å². The lowest BCUT2D eigenvalue weighted by Crippen LogP contribution is -2.58. The number of nitrogens with one attached hydrogen (secondary N) is 2. The maximum Gasteiger partial charge on any atom is 0.324 e. The Kier molecular flexibility index (Phi) is 8.60. The Morgan fingerprint density at radius 2 is 1.72 bits per heavy atom. The Bertz CT molecular complexity index is 1250. The average Bonchev–Trinajstić information content (AvgIpc) is 2.89. The van der Waals surface area contributed by atoms with Gasteiger partial charge in [-0.3, -0.25) is 14.5 Å². The second-order valence-corrected chi connectivity index (χ2v) is 10.5. The van der Waals surface area contributed by atoms with Crippen LogP contribution in [0.15, 0.2) is 36.4 Å². The number of halogens is 3. The molecule has 0 aromatic heterocycles. The number of benzene rings is 2. The molecule has 2 aromatic rings. The summed E-state index contributed by atoms with van der Waals surface area (Å²) in [5, 5.41) is 6.06. The van der Waals surface area contributed by atoms with Gasteiger partial charge in [-0.15, -0.1) is 0 Å². The number of hydrogen-bond donors (Lipinski definition) is 2. The first kappa shape index (κ1) is 28.6. The number of morpholine rings is 1. The van der Waals surface area contributed by atoms with Crippen molar-refractivity contribution < 1.29 is 32.3 Å². The van der Waals surface area contributed by atoms with Crippen LogP contribution in [0.25, 0.3) is 0 Å². The molecule has 8 nitrogen and oxygen atoms in total. The molecule has 210 valence electrons. The number of nitrogens with zero attached hydrogens (tertiary/aromatic N) is 2. The second kappa shape index (κ2) is 11.7. The molecule has 0 saturated carbocycles. The SMILES string of the molecule is Cc1ccc(C(=O)N2CCC(NCCNC(=O)N3C(=O)COC(C)(C)C3c3ccc(F)c(F)c3)CC2)c(F)c1. The maximum absolute atomic E-state index is 14.2. The molecule has 0 bridgehead atoms. The van der Waals surface area contributed by atoms with Gasteiger partial charge in [-0.05, 0) is 69.0 Å². The molecular formula is C28H33F3N4O4. The number of hydrogen-bond acceptors (Lipinski definition) is 5. The number of aryl methyl sites for hydroxylation is 1. The van der Waals surface area contributed by atoms with Gasteiger partial charge in [-0.25, -0.2) is 18.0 Å². The molecule has 0 aliphatic carbocycles. The third-order valence-corrected chi connectivity index (χ3v) is 7.20. The van der Waals surface area contributed by atoms with E-state index >= 15 is 0 Å². The molecule has 2 heterocycles. The molecule has 0 radical (unpaired) electrons. The van der Waals surface area contributed by atoms with E-state index < -0.39 is 41.0 Å². The van der Waals surface area contributed by atoms with Crippen molar-refractivity contribution in [2.45, 2.75) is 51.3 Å². The highest BCUT2D eigenvalue weighted by atomic mass is 19.2. The van der Waals surface area contributed by atoms with Crippen molar-refractivity contribution in [3.63, 3.8) is 0 Å². The molecular weight excluding hydrogens is 513 g/mol. The zero-order valence-electron chi connectivity index (χ0n) is 22.2. The molecule has 2 aliphatic heterocycles. The maximum atomic E-state index is 14.2. The first-order valence-electron chi connectivity index (χ1n) is 13.0. The number of urea groups is 1.